The van der Waals surface area contributed by atoms with Gasteiger partial charge in [-0.15, -0.1) is 0 Å². The molecule has 0 bridgehead atoms. The molecule has 0 unspecified atom stereocenters. The topological polar surface area (TPSA) is 52.6 Å². The van der Waals surface area contributed by atoms with Gasteiger partial charge in [-0.2, -0.15) is 0 Å². The Balaban J connectivity index is 1.64. The molecule has 0 N–H and O–H groups in total. The molecule has 0 atom stereocenters. The Morgan fingerprint density at radius 2 is 1.48 bits per heavy atom. The standard InChI is InChI=1S/C21H22O4/c1-2-24-20(22)15-6-4-3-5-7-16-21(23)25-19-14-10-12-17-11-8-9-13-18(17)19/h1,8-14H,3-7,15-16H2. The number of unbranched alkanes of at least 4 members (excludes halogenated alkanes) is 4. The number of fused-ring (bicyclic) bond motifs is 1. The van der Waals surface area contributed by atoms with E-state index in [1.165, 1.54) is 0 Å². The van der Waals surface area contributed by atoms with E-state index in [0.717, 1.165) is 42.9 Å². The molecule has 0 saturated carbocycles. The molecule has 0 aliphatic rings. The van der Waals surface area contributed by atoms with Gasteiger partial charge in [0.05, 0.1) is 0 Å². The highest BCUT2D eigenvalue weighted by molar-refractivity contribution is 5.90. The summed E-state index contributed by atoms with van der Waals surface area (Å²) in [5, 5.41) is 1.99. The number of ether oxygens (including phenoxy) is 2. The first-order valence-electron chi connectivity index (χ1n) is 8.54. The highest BCUT2D eigenvalue weighted by Crippen LogP contribution is 2.25. The van der Waals surface area contributed by atoms with Crippen molar-refractivity contribution in [3.8, 4) is 18.3 Å². The largest absolute Gasteiger partial charge is 0.426 e. The fourth-order valence-electron chi connectivity index (χ4n) is 2.64. The SMILES string of the molecule is C#COC(=O)CCCCCCCC(=O)Oc1cccc2ccccc12. The van der Waals surface area contributed by atoms with E-state index >= 15 is 0 Å². The minimum atomic E-state index is -0.360. The second-order valence-corrected chi connectivity index (χ2v) is 5.81. The van der Waals surface area contributed by atoms with Gasteiger partial charge in [0.25, 0.3) is 0 Å². The number of terminal acetylenes is 1. The molecule has 4 nitrogen and oxygen atoms in total. The molecule has 0 amide bonds. The van der Waals surface area contributed by atoms with Crippen LogP contribution in [0, 0.1) is 12.5 Å². The van der Waals surface area contributed by atoms with Crippen molar-refractivity contribution >= 4 is 22.7 Å². The smallest absolute Gasteiger partial charge is 0.319 e. The lowest BCUT2D eigenvalue weighted by atomic mass is 10.1. The summed E-state index contributed by atoms with van der Waals surface area (Å²) in [5.74, 6) is 0.0326. The van der Waals surface area contributed by atoms with Gasteiger partial charge in [0.15, 0.2) is 0 Å². The Morgan fingerprint density at radius 1 is 0.840 bits per heavy atom. The van der Waals surface area contributed by atoms with Crippen LogP contribution < -0.4 is 4.74 Å². The summed E-state index contributed by atoms with van der Waals surface area (Å²) in [6.45, 7) is 0. The first-order valence-corrected chi connectivity index (χ1v) is 8.54. The van der Waals surface area contributed by atoms with Crippen LogP contribution in [0.2, 0.25) is 0 Å². The maximum atomic E-state index is 12.0. The highest BCUT2D eigenvalue weighted by atomic mass is 16.5. The van der Waals surface area contributed by atoms with Crippen molar-refractivity contribution in [2.45, 2.75) is 44.9 Å². The van der Waals surface area contributed by atoms with Crippen LogP contribution in [0.5, 0.6) is 5.75 Å². The van der Waals surface area contributed by atoms with Gasteiger partial charge in [0.1, 0.15) is 11.9 Å². The number of benzene rings is 2. The van der Waals surface area contributed by atoms with Gasteiger partial charge < -0.3 is 9.47 Å². The molecule has 0 aliphatic heterocycles. The van der Waals surface area contributed by atoms with Crippen LogP contribution in [0.3, 0.4) is 0 Å². The molecule has 0 radical (unpaired) electrons. The fraction of sp³-hybridized carbons (Fsp3) is 0.333. The average Bonchev–Trinajstić information content (AvgIpc) is 2.61. The number of hydrogen-bond acceptors (Lipinski definition) is 4. The molecule has 0 spiro atoms. The van der Waals surface area contributed by atoms with Crippen molar-refractivity contribution < 1.29 is 19.1 Å². The van der Waals surface area contributed by atoms with Crippen LogP contribution in [-0.2, 0) is 14.3 Å². The van der Waals surface area contributed by atoms with Crippen molar-refractivity contribution in [2.24, 2.45) is 0 Å². The lowest BCUT2D eigenvalue weighted by Crippen LogP contribution is -2.07. The normalized spacial score (nSPS) is 10.2. The van der Waals surface area contributed by atoms with Crippen LogP contribution in [0.4, 0.5) is 0 Å². The third kappa shape index (κ3) is 6.31. The Kier molecular flexibility index (Phi) is 7.52. The molecule has 0 fully saturated rings. The fourth-order valence-corrected chi connectivity index (χ4v) is 2.64. The van der Waals surface area contributed by atoms with E-state index in [1.807, 2.05) is 48.6 Å². The number of hydrogen-bond donors (Lipinski definition) is 0. The second kappa shape index (κ2) is 10.1. The number of carbonyl (C=O) groups excluding carboxylic acids is 2. The molecule has 25 heavy (non-hydrogen) atoms. The minimum Gasteiger partial charge on any atom is -0.426 e. The van der Waals surface area contributed by atoms with E-state index in [1.54, 1.807) is 0 Å². The van der Waals surface area contributed by atoms with Crippen LogP contribution in [0.1, 0.15) is 44.9 Å². The molecule has 0 saturated heterocycles. The van der Waals surface area contributed by atoms with Gasteiger partial charge >= 0.3 is 11.9 Å². The Labute approximate surface area is 148 Å². The van der Waals surface area contributed by atoms with E-state index in [0.29, 0.717) is 18.6 Å². The van der Waals surface area contributed by atoms with E-state index < -0.39 is 0 Å². The van der Waals surface area contributed by atoms with Crippen molar-refractivity contribution in [2.75, 3.05) is 0 Å². The van der Waals surface area contributed by atoms with Crippen molar-refractivity contribution in [3.63, 3.8) is 0 Å². The second-order valence-electron chi connectivity index (χ2n) is 5.81. The van der Waals surface area contributed by atoms with Crippen molar-refractivity contribution in [1.82, 2.24) is 0 Å². The monoisotopic (exact) mass is 338 g/mol. The molecular weight excluding hydrogens is 316 g/mol. The summed E-state index contributed by atoms with van der Waals surface area (Å²) < 4.78 is 9.91. The van der Waals surface area contributed by atoms with Crippen molar-refractivity contribution in [1.29, 1.82) is 0 Å². The molecule has 0 aliphatic carbocycles. The molecular formula is C21H22O4. The van der Waals surface area contributed by atoms with Gasteiger partial charge in [-0.3, -0.25) is 9.59 Å². The number of carbonyl (C=O) groups is 2. The predicted molar refractivity (Wildman–Crippen MR) is 96.8 cm³/mol. The maximum Gasteiger partial charge on any atom is 0.319 e. The summed E-state index contributed by atoms with van der Waals surface area (Å²) in [6, 6.07) is 13.5. The first kappa shape index (κ1) is 18.5. The van der Waals surface area contributed by atoms with E-state index in [4.69, 9.17) is 11.2 Å². The van der Waals surface area contributed by atoms with Crippen LogP contribution in [0.15, 0.2) is 42.5 Å². The number of esters is 2. The number of rotatable bonds is 9. The quantitative estimate of drug-likeness (QED) is 0.290. The minimum absolute atomic E-state index is 0.214. The van der Waals surface area contributed by atoms with E-state index in [-0.39, 0.29) is 11.9 Å². The molecule has 2 rings (SSSR count). The molecule has 0 aromatic heterocycles. The summed E-state index contributed by atoms with van der Waals surface area (Å²) >= 11 is 0. The Bertz CT molecular complexity index is 753. The summed E-state index contributed by atoms with van der Waals surface area (Å²) in [6.07, 6.45) is 11.8. The lowest BCUT2D eigenvalue weighted by Gasteiger charge is -2.07. The summed E-state index contributed by atoms with van der Waals surface area (Å²) in [4.78, 5) is 23.1. The third-order valence-corrected chi connectivity index (χ3v) is 3.91. The van der Waals surface area contributed by atoms with Gasteiger partial charge in [0.2, 0.25) is 0 Å². The van der Waals surface area contributed by atoms with Gasteiger partial charge in [-0.05, 0) is 24.3 Å². The van der Waals surface area contributed by atoms with Gasteiger partial charge in [-0.1, -0.05) is 62.1 Å². The first-order chi connectivity index (χ1) is 12.2. The molecule has 0 heterocycles. The van der Waals surface area contributed by atoms with Crippen molar-refractivity contribution in [3.05, 3.63) is 42.5 Å². The van der Waals surface area contributed by atoms with Crippen LogP contribution >= 0.6 is 0 Å². The summed E-state index contributed by atoms with van der Waals surface area (Å²) in [5.41, 5.74) is 0. The van der Waals surface area contributed by atoms with E-state index in [2.05, 4.69) is 4.74 Å². The Hall–Kier alpha value is -2.80. The average molecular weight is 338 g/mol. The third-order valence-electron chi connectivity index (χ3n) is 3.91. The maximum absolute atomic E-state index is 12.0. The lowest BCUT2D eigenvalue weighted by molar-refractivity contribution is -0.137. The van der Waals surface area contributed by atoms with E-state index in [9.17, 15) is 9.59 Å². The van der Waals surface area contributed by atoms with Gasteiger partial charge in [-0.25, -0.2) is 0 Å². The Morgan fingerprint density at radius 3 is 2.24 bits per heavy atom. The molecule has 4 heteroatoms. The van der Waals surface area contributed by atoms with Gasteiger partial charge in [0, 0.05) is 18.2 Å². The summed E-state index contributed by atoms with van der Waals surface area (Å²) in [7, 11) is 0. The highest BCUT2D eigenvalue weighted by Gasteiger charge is 2.08. The molecule has 2 aromatic rings. The van der Waals surface area contributed by atoms with Crippen LogP contribution in [-0.4, -0.2) is 11.9 Å². The zero-order valence-corrected chi connectivity index (χ0v) is 14.2. The molecule has 130 valence electrons. The zero-order chi connectivity index (χ0) is 17.9. The predicted octanol–water partition coefficient (Wildman–Crippen LogP) is 4.61. The van der Waals surface area contributed by atoms with Crippen LogP contribution in [0.25, 0.3) is 10.8 Å². The molecule has 2 aromatic carbocycles. The zero-order valence-electron chi connectivity index (χ0n) is 14.2.